The number of anilines is 2. The number of nitrogens with zero attached hydrogens (tertiary/aromatic N) is 3. The molecule has 1 fully saturated rings. The van der Waals surface area contributed by atoms with E-state index in [4.69, 9.17) is 11.6 Å². The van der Waals surface area contributed by atoms with Gasteiger partial charge in [-0.25, -0.2) is 0 Å². The standard InChI is InChI=1S/C21H26ClN5O.HI/c1-16(28)25-18-7-5-6-17(14-18)15-24-21(23-2)27-12-10-26(11-13-27)20-9-4-3-8-19(20)22;/h3-9,14H,10-13,15H2,1-2H3,(H,23,24)(H,25,28);1H. The largest absolute Gasteiger partial charge is 0.367 e. The van der Waals surface area contributed by atoms with Gasteiger partial charge in [-0.05, 0) is 29.8 Å². The van der Waals surface area contributed by atoms with Gasteiger partial charge in [0.05, 0.1) is 10.7 Å². The van der Waals surface area contributed by atoms with Crippen molar-refractivity contribution in [2.24, 2.45) is 4.99 Å². The van der Waals surface area contributed by atoms with Crippen LogP contribution in [-0.4, -0.2) is 50.0 Å². The van der Waals surface area contributed by atoms with Gasteiger partial charge in [0.2, 0.25) is 5.91 Å². The summed E-state index contributed by atoms with van der Waals surface area (Å²) in [6.07, 6.45) is 0. The number of rotatable bonds is 4. The molecule has 0 bridgehead atoms. The fourth-order valence-electron chi connectivity index (χ4n) is 3.34. The van der Waals surface area contributed by atoms with Crippen molar-refractivity contribution < 1.29 is 4.79 Å². The molecule has 1 saturated heterocycles. The number of carbonyl (C=O) groups excluding carboxylic acids is 1. The predicted molar refractivity (Wildman–Crippen MR) is 132 cm³/mol. The molecule has 1 amide bonds. The Bertz CT molecular complexity index is 852. The predicted octanol–water partition coefficient (Wildman–Crippen LogP) is 3.81. The van der Waals surface area contributed by atoms with E-state index in [1.165, 1.54) is 6.92 Å². The third-order valence-electron chi connectivity index (χ3n) is 4.68. The molecule has 1 aliphatic rings. The molecule has 0 aromatic heterocycles. The van der Waals surface area contributed by atoms with Crippen LogP contribution in [0.1, 0.15) is 12.5 Å². The highest BCUT2D eigenvalue weighted by Crippen LogP contribution is 2.26. The van der Waals surface area contributed by atoms with Gasteiger partial charge in [-0.15, -0.1) is 24.0 Å². The summed E-state index contributed by atoms with van der Waals surface area (Å²) in [5.41, 5.74) is 2.97. The van der Waals surface area contributed by atoms with Gasteiger partial charge in [0, 0.05) is 52.4 Å². The quantitative estimate of drug-likeness (QED) is 0.361. The first-order valence-corrected chi connectivity index (χ1v) is 9.76. The number of para-hydroxylation sites is 1. The smallest absolute Gasteiger partial charge is 0.221 e. The number of guanidine groups is 1. The van der Waals surface area contributed by atoms with Crippen molar-refractivity contribution in [2.75, 3.05) is 43.4 Å². The molecule has 2 aromatic rings. The van der Waals surface area contributed by atoms with Gasteiger partial charge in [0.25, 0.3) is 0 Å². The molecule has 2 N–H and O–H groups in total. The Kier molecular flexibility index (Phi) is 9.03. The third-order valence-corrected chi connectivity index (χ3v) is 5.00. The van der Waals surface area contributed by atoms with Gasteiger partial charge in [-0.3, -0.25) is 9.79 Å². The minimum absolute atomic E-state index is 0. The number of hydrogen-bond acceptors (Lipinski definition) is 3. The number of aliphatic imine (C=N–C) groups is 1. The zero-order valence-electron chi connectivity index (χ0n) is 16.7. The molecular weight excluding hydrogens is 501 g/mol. The van der Waals surface area contributed by atoms with E-state index in [1.54, 1.807) is 7.05 Å². The lowest BCUT2D eigenvalue weighted by Gasteiger charge is -2.38. The summed E-state index contributed by atoms with van der Waals surface area (Å²) in [5, 5.41) is 7.02. The molecule has 29 heavy (non-hydrogen) atoms. The van der Waals surface area contributed by atoms with Crippen LogP contribution in [0.5, 0.6) is 0 Å². The monoisotopic (exact) mass is 527 g/mol. The van der Waals surface area contributed by atoms with Gasteiger partial charge in [-0.1, -0.05) is 35.9 Å². The minimum atomic E-state index is -0.0719. The van der Waals surface area contributed by atoms with Gasteiger partial charge in [0.15, 0.2) is 5.96 Å². The zero-order chi connectivity index (χ0) is 19.9. The summed E-state index contributed by atoms with van der Waals surface area (Å²) in [4.78, 5) is 20.2. The van der Waals surface area contributed by atoms with E-state index in [1.807, 2.05) is 42.5 Å². The summed E-state index contributed by atoms with van der Waals surface area (Å²) in [7, 11) is 1.80. The third kappa shape index (κ3) is 6.50. The summed E-state index contributed by atoms with van der Waals surface area (Å²) in [6, 6.07) is 15.8. The SMILES string of the molecule is CN=C(NCc1cccc(NC(C)=O)c1)N1CCN(c2ccccc2Cl)CC1.I. The summed E-state index contributed by atoms with van der Waals surface area (Å²) < 4.78 is 0. The Morgan fingerprint density at radius 1 is 1.10 bits per heavy atom. The molecule has 8 heteroatoms. The molecule has 3 rings (SSSR count). The normalized spacial score (nSPS) is 14.2. The average molecular weight is 528 g/mol. The average Bonchev–Trinajstić information content (AvgIpc) is 2.69. The van der Waals surface area contributed by atoms with Crippen molar-refractivity contribution in [3.63, 3.8) is 0 Å². The Labute approximate surface area is 194 Å². The lowest BCUT2D eigenvalue weighted by molar-refractivity contribution is -0.114. The van der Waals surface area contributed by atoms with Crippen molar-refractivity contribution >= 4 is 58.8 Å². The highest BCUT2D eigenvalue weighted by Gasteiger charge is 2.20. The van der Waals surface area contributed by atoms with Crippen LogP contribution in [0.25, 0.3) is 0 Å². The van der Waals surface area contributed by atoms with Crippen molar-refractivity contribution in [2.45, 2.75) is 13.5 Å². The van der Waals surface area contributed by atoms with Crippen molar-refractivity contribution in [3.05, 3.63) is 59.1 Å². The van der Waals surface area contributed by atoms with E-state index < -0.39 is 0 Å². The number of amides is 1. The van der Waals surface area contributed by atoms with Gasteiger partial charge < -0.3 is 20.4 Å². The molecule has 6 nitrogen and oxygen atoms in total. The second-order valence-corrected chi connectivity index (χ2v) is 7.12. The highest BCUT2D eigenvalue weighted by molar-refractivity contribution is 14.0. The van der Waals surface area contributed by atoms with Crippen LogP contribution in [0, 0.1) is 0 Å². The molecule has 0 unspecified atom stereocenters. The van der Waals surface area contributed by atoms with Crippen molar-refractivity contribution in [1.82, 2.24) is 10.2 Å². The first-order valence-electron chi connectivity index (χ1n) is 9.38. The molecule has 156 valence electrons. The fourth-order valence-corrected chi connectivity index (χ4v) is 3.60. The topological polar surface area (TPSA) is 60.0 Å². The van der Waals surface area contributed by atoms with E-state index in [0.717, 1.165) is 54.1 Å². The highest BCUT2D eigenvalue weighted by atomic mass is 127. The summed E-state index contributed by atoms with van der Waals surface area (Å²) in [6.45, 7) is 5.68. The van der Waals surface area contributed by atoms with Crippen LogP contribution >= 0.6 is 35.6 Å². The van der Waals surface area contributed by atoms with Crippen LogP contribution in [0.4, 0.5) is 11.4 Å². The summed E-state index contributed by atoms with van der Waals surface area (Å²) in [5.74, 6) is 0.807. The van der Waals surface area contributed by atoms with Gasteiger partial charge in [-0.2, -0.15) is 0 Å². The molecule has 1 aliphatic heterocycles. The molecule has 0 atom stereocenters. The Morgan fingerprint density at radius 3 is 2.48 bits per heavy atom. The van der Waals surface area contributed by atoms with Crippen molar-refractivity contribution in [3.8, 4) is 0 Å². The Balaban J connectivity index is 0.00000300. The number of hydrogen-bond donors (Lipinski definition) is 2. The van der Waals surface area contributed by atoms with Crippen LogP contribution < -0.4 is 15.5 Å². The molecule has 0 aliphatic carbocycles. The van der Waals surface area contributed by atoms with Crippen LogP contribution in [-0.2, 0) is 11.3 Å². The van der Waals surface area contributed by atoms with E-state index in [2.05, 4.69) is 31.5 Å². The van der Waals surface area contributed by atoms with Crippen LogP contribution in [0.3, 0.4) is 0 Å². The first-order chi connectivity index (χ1) is 13.6. The van der Waals surface area contributed by atoms with Crippen molar-refractivity contribution in [1.29, 1.82) is 0 Å². The number of piperazine rings is 1. The van der Waals surface area contributed by atoms with Crippen LogP contribution in [0.2, 0.25) is 5.02 Å². The number of carbonyl (C=O) groups is 1. The van der Waals surface area contributed by atoms with E-state index in [0.29, 0.717) is 6.54 Å². The molecule has 1 heterocycles. The fraction of sp³-hybridized carbons (Fsp3) is 0.333. The second-order valence-electron chi connectivity index (χ2n) is 6.71. The van der Waals surface area contributed by atoms with E-state index in [9.17, 15) is 4.79 Å². The summed E-state index contributed by atoms with van der Waals surface area (Å²) >= 11 is 6.33. The minimum Gasteiger partial charge on any atom is -0.367 e. The maximum Gasteiger partial charge on any atom is 0.221 e. The first kappa shape index (κ1) is 23.3. The zero-order valence-corrected chi connectivity index (χ0v) is 19.8. The Hall–Kier alpha value is -2.00. The van der Waals surface area contributed by atoms with Crippen LogP contribution in [0.15, 0.2) is 53.5 Å². The number of nitrogens with one attached hydrogen (secondary N) is 2. The molecule has 0 radical (unpaired) electrons. The number of halogens is 2. The molecule has 2 aromatic carbocycles. The maximum atomic E-state index is 11.2. The van der Waals surface area contributed by atoms with Gasteiger partial charge in [0.1, 0.15) is 0 Å². The maximum absolute atomic E-state index is 11.2. The van der Waals surface area contributed by atoms with E-state index in [-0.39, 0.29) is 29.9 Å². The second kappa shape index (κ2) is 11.3. The molecular formula is C21H27ClIN5O. The van der Waals surface area contributed by atoms with Gasteiger partial charge >= 0.3 is 0 Å². The molecule has 0 spiro atoms. The lowest BCUT2D eigenvalue weighted by atomic mass is 10.2. The van der Waals surface area contributed by atoms with E-state index >= 15 is 0 Å². The molecule has 0 saturated carbocycles. The number of benzene rings is 2. The Morgan fingerprint density at radius 2 is 1.83 bits per heavy atom. The lowest BCUT2D eigenvalue weighted by Crippen LogP contribution is -2.52.